The lowest BCUT2D eigenvalue weighted by atomic mass is 9.87. The molecule has 27 heavy (non-hydrogen) atoms. The highest BCUT2D eigenvalue weighted by molar-refractivity contribution is 9.10. The van der Waals surface area contributed by atoms with E-state index >= 15 is 0 Å². The van der Waals surface area contributed by atoms with Crippen molar-refractivity contribution in [3.05, 3.63) is 41.7 Å². The second kappa shape index (κ2) is 7.71. The molecule has 0 atom stereocenters. The first-order valence-corrected chi connectivity index (χ1v) is 9.55. The van der Waals surface area contributed by atoms with Crippen molar-refractivity contribution in [2.45, 2.75) is 20.8 Å². The van der Waals surface area contributed by atoms with Crippen molar-refractivity contribution in [3.63, 3.8) is 0 Å². The molecule has 0 saturated carbocycles. The summed E-state index contributed by atoms with van der Waals surface area (Å²) in [4.78, 5) is 25.2. The number of aromatic hydroxyl groups is 1. The summed E-state index contributed by atoms with van der Waals surface area (Å²) in [5, 5.41) is 19.4. The fourth-order valence-electron chi connectivity index (χ4n) is 2.34. The van der Waals surface area contributed by atoms with Gasteiger partial charge in [0.05, 0.1) is 16.1 Å². The minimum absolute atomic E-state index is 0.0313. The van der Waals surface area contributed by atoms with E-state index in [0.29, 0.717) is 19.2 Å². The van der Waals surface area contributed by atoms with E-state index in [0.717, 1.165) is 11.3 Å². The molecule has 0 unspecified atom stereocenters. The first-order chi connectivity index (χ1) is 12.5. The Morgan fingerprint density at radius 1 is 1.41 bits per heavy atom. The highest BCUT2D eigenvalue weighted by atomic mass is 79.9. The molecule has 0 saturated heterocycles. The van der Waals surface area contributed by atoms with Crippen molar-refractivity contribution < 1.29 is 14.6 Å². The Balaban J connectivity index is 2.79. The molecular formula is C19H19BrN2O4S. The maximum Gasteiger partial charge on any atom is 0.268 e. The van der Waals surface area contributed by atoms with Crippen LogP contribution in [0, 0.1) is 16.7 Å². The van der Waals surface area contributed by atoms with Crippen LogP contribution < -0.4 is 19.5 Å². The number of halogens is 1. The zero-order valence-corrected chi connectivity index (χ0v) is 18.0. The number of Topliss-reactive ketones (excluding diaryl/α,β-unsaturated/α-hetero) is 1. The van der Waals surface area contributed by atoms with E-state index in [1.807, 2.05) is 6.07 Å². The maximum absolute atomic E-state index is 12.6. The van der Waals surface area contributed by atoms with Gasteiger partial charge in [-0.15, -0.1) is 11.3 Å². The predicted molar refractivity (Wildman–Crippen MR) is 108 cm³/mol. The third-order valence-electron chi connectivity index (χ3n) is 3.83. The summed E-state index contributed by atoms with van der Waals surface area (Å²) in [6.07, 6.45) is 1.62. The van der Waals surface area contributed by atoms with E-state index < -0.39 is 5.41 Å². The zero-order valence-electron chi connectivity index (χ0n) is 15.6. The van der Waals surface area contributed by atoms with Crippen molar-refractivity contribution in [2.24, 2.45) is 12.5 Å². The smallest absolute Gasteiger partial charge is 0.268 e. The number of aromatic nitrogens is 1. The van der Waals surface area contributed by atoms with Gasteiger partial charge in [-0.3, -0.25) is 9.59 Å². The molecule has 0 radical (unpaired) electrons. The molecule has 0 amide bonds. The van der Waals surface area contributed by atoms with E-state index in [-0.39, 0.29) is 28.4 Å². The number of phenolic OH excluding ortho intramolecular Hbond substituents is 1. The van der Waals surface area contributed by atoms with Gasteiger partial charge >= 0.3 is 0 Å². The van der Waals surface area contributed by atoms with Crippen LogP contribution in [0.25, 0.3) is 11.6 Å². The second-order valence-electron chi connectivity index (χ2n) is 6.90. The number of methoxy groups -OCH3 is 1. The van der Waals surface area contributed by atoms with Crippen molar-refractivity contribution in [1.29, 1.82) is 5.26 Å². The number of ether oxygens (including phenoxy) is 1. The van der Waals surface area contributed by atoms with Gasteiger partial charge in [-0.1, -0.05) is 20.8 Å². The second-order valence-corrected chi connectivity index (χ2v) is 8.78. The number of benzene rings is 1. The van der Waals surface area contributed by atoms with Crippen LogP contribution in [0.15, 0.2) is 21.4 Å². The monoisotopic (exact) mass is 450 g/mol. The third-order valence-corrected chi connectivity index (χ3v) is 5.62. The van der Waals surface area contributed by atoms with Crippen LogP contribution in [0.2, 0.25) is 0 Å². The molecular weight excluding hydrogens is 432 g/mol. The van der Waals surface area contributed by atoms with Crippen LogP contribution in [-0.4, -0.2) is 22.6 Å². The van der Waals surface area contributed by atoms with Crippen LogP contribution in [0.4, 0.5) is 0 Å². The van der Waals surface area contributed by atoms with Gasteiger partial charge < -0.3 is 14.4 Å². The zero-order chi connectivity index (χ0) is 20.5. The average Bonchev–Trinajstić information content (AvgIpc) is 2.86. The number of nitrogens with zero attached hydrogens (tertiary/aromatic N) is 2. The lowest BCUT2D eigenvalue weighted by Gasteiger charge is -2.15. The quantitative estimate of drug-likeness (QED) is 0.771. The molecule has 1 heterocycles. The van der Waals surface area contributed by atoms with Crippen LogP contribution in [0.5, 0.6) is 11.5 Å². The van der Waals surface area contributed by atoms with Crippen LogP contribution in [-0.2, 0) is 11.8 Å². The number of thiazole rings is 1. The van der Waals surface area contributed by atoms with E-state index in [2.05, 4.69) is 15.9 Å². The molecule has 2 rings (SSSR count). The molecule has 0 aliphatic rings. The van der Waals surface area contributed by atoms with E-state index in [9.17, 15) is 20.0 Å². The fourth-order valence-corrected chi connectivity index (χ4v) is 3.89. The van der Waals surface area contributed by atoms with Crippen LogP contribution >= 0.6 is 27.3 Å². The minimum atomic E-state index is -0.732. The number of carbonyl (C=O) groups excluding carboxylic acids is 1. The van der Waals surface area contributed by atoms with E-state index in [1.54, 1.807) is 39.0 Å². The normalized spacial score (nSPS) is 13.3. The minimum Gasteiger partial charge on any atom is -0.503 e. The van der Waals surface area contributed by atoms with E-state index in [1.165, 1.54) is 18.7 Å². The molecule has 8 heteroatoms. The van der Waals surface area contributed by atoms with Crippen molar-refractivity contribution >= 4 is 44.7 Å². The Labute approximate surface area is 168 Å². The highest BCUT2D eigenvalue weighted by Gasteiger charge is 2.27. The Hall–Kier alpha value is -2.37. The number of nitriles is 1. The third kappa shape index (κ3) is 4.15. The first kappa shape index (κ1) is 20.9. The molecule has 0 spiro atoms. The summed E-state index contributed by atoms with van der Waals surface area (Å²) >= 11 is 4.32. The summed E-state index contributed by atoms with van der Waals surface area (Å²) < 4.78 is 7.53. The molecule has 0 aliphatic heterocycles. The highest BCUT2D eigenvalue weighted by Crippen LogP contribution is 2.35. The average molecular weight is 451 g/mol. The number of ketones is 1. The molecule has 142 valence electrons. The van der Waals surface area contributed by atoms with Gasteiger partial charge in [-0.25, -0.2) is 0 Å². The topological polar surface area (TPSA) is 92.3 Å². The fraction of sp³-hybridized carbons (Fsp3) is 0.316. The molecule has 1 aromatic carbocycles. The molecule has 0 bridgehead atoms. The summed E-state index contributed by atoms with van der Waals surface area (Å²) in [6.45, 7) is 5.18. The van der Waals surface area contributed by atoms with Crippen LogP contribution in [0.3, 0.4) is 0 Å². The molecule has 0 aliphatic carbocycles. The summed E-state index contributed by atoms with van der Waals surface area (Å²) in [5.41, 5.74) is -0.448. The largest absolute Gasteiger partial charge is 0.503 e. The van der Waals surface area contributed by atoms with Gasteiger partial charge in [-0.2, -0.15) is 5.26 Å². The SMILES string of the molecule is COc1cc(/C=c2/s/c(=C(\C#N)C(=O)C(C)(C)C)n(C)c2=O)cc(Br)c1O. The van der Waals surface area contributed by atoms with Gasteiger partial charge in [0, 0.05) is 12.5 Å². The molecule has 2 aromatic rings. The van der Waals surface area contributed by atoms with Gasteiger partial charge in [0.25, 0.3) is 5.56 Å². The summed E-state index contributed by atoms with van der Waals surface area (Å²) in [6, 6.07) is 5.18. The molecule has 1 N–H and O–H groups in total. The number of rotatable bonds is 3. The lowest BCUT2D eigenvalue weighted by molar-refractivity contribution is -0.120. The number of hydrogen-bond acceptors (Lipinski definition) is 6. The number of carbonyl (C=O) groups is 1. The Bertz CT molecular complexity index is 1130. The van der Waals surface area contributed by atoms with Crippen molar-refractivity contribution in [3.8, 4) is 17.6 Å². The number of hydrogen-bond donors (Lipinski definition) is 1. The van der Waals surface area contributed by atoms with Crippen molar-refractivity contribution in [2.75, 3.05) is 7.11 Å². The Morgan fingerprint density at radius 2 is 2.04 bits per heavy atom. The standard InChI is InChI=1S/C19H19BrN2O4S/c1-19(2,3)16(24)11(9-21)18-22(4)17(25)14(27-18)8-10-6-12(20)15(23)13(7-10)26-5/h6-8,23H,1-5H3/b14-8+,18-11+. The summed E-state index contributed by atoms with van der Waals surface area (Å²) in [5.74, 6) is -0.0934. The van der Waals surface area contributed by atoms with Gasteiger partial charge in [0.2, 0.25) is 0 Å². The van der Waals surface area contributed by atoms with E-state index in [4.69, 9.17) is 4.74 Å². The Kier molecular flexibility index (Phi) is 5.97. The first-order valence-electron chi connectivity index (χ1n) is 7.94. The summed E-state index contributed by atoms with van der Waals surface area (Å²) in [7, 11) is 2.96. The number of phenols is 1. The van der Waals surface area contributed by atoms with Crippen molar-refractivity contribution in [1.82, 2.24) is 4.57 Å². The molecule has 6 nitrogen and oxygen atoms in total. The van der Waals surface area contributed by atoms with Gasteiger partial charge in [0.1, 0.15) is 16.3 Å². The van der Waals surface area contributed by atoms with Crippen LogP contribution in [0.1, 0.15) is 26.3 Å². The Morgan fingerprint density at radius 3 is 2.56 bits per heavy atom. The van der Waals surface area contributed by atoms with Gasteiger partial charge in [-0.05, 0) is 39.7 Å². The van der Waals surface area contributed by atoms with Gasteiger partial charge in [0.15, 0.2) is 17.3 Å². The molecule has 0 fully saturated rings. The predicted octanol–water partition coefficient (Wildman–Crippen LogP) is 2.04. The maximum atomic E-state index is 12.6. The molecule has 1 aromatic heterocycles. The lowest BCUT2D eigenvalue weighted by Crippen LogP contribution is -2.32.